The second kappa shape index (κ2) is 11.3. The van der Waals surface area contributed by atoms with Gasteiger partial charge in [-0.05, 0) is 66.5 Å². The van der Waals surface area contributed by atoms with E-state index in [4.69, 9.17) is 4.84 Å². The van der Waals surface area contributed by atoms with E-state index in [0.717, 1.165) is 11.1 Å². The average Bonchev–Trinajstić information content (AvgIpc) is 2.88. The molecule has 1 amide bonds. The van der Waals surface area contributed by atoms with E-state index in [-0.39, 0.29) is 55.4 Å². The smallest absolute Gasteiger partial charge is 0.240 e. The van der Waals surface area contributed by atoms with Crippen LogP contribution in [-0.2, 0) is 30.4 Å². The van der Waals surface area contributed by atoms with Gasteiger partial charge in [0, 0.05) is 27.6 Å². The topological polar surface area (TPSA) is 185 Å². The van der Waals surface area contributed by atoms with Gasteiger partial charge in [-0.15, -0.1) is 0 Å². The highest BCUT2D eigenvalue weighted by Crippen LogP contribution is 2.51. The average molecular weight is 569 g/mol. The number of ketones is 3. The predicted molar refractivity (Wildman–Crippen MR) is 153 cm³/mol. The Labute approximate surface area is 239 Å². The summed E-state index contributed by atoms with van der Waals surface area (Å²) in [5.74, 6) is -4.93. The number of allylic oxidation sites excluding steroid dienone is 3. The van der Waals surface area contributed by atoms with E-state index in [1.165, 1.54) is 25.2 Å². The number of carbonyl (C=O) groups is 4. The number of carbonyl (C=O) groups excluding carboxylic acids is 4. The molecule has 1 fully saturated rings. The van der Waals surface area contributed by atoms with Crippen molar-refractivity contribution in [2.75, 3.05) is 26.0 Å². The number of benzene rings is 2. The molecule has 0 aromatic heterocycles. The largest absolute Gasteiger partial charge is 0.511 e. The van der Waals surface area contributed by atoms with Crippen LogP contribution in [-0.4, -0.2) is 69.8 Å². The Bertz CT molecular complexity index is 1520. The quantitative estimate of drug-likeness (QED) is 0.300. The summed E-state index contributed by atoms with van der Waals surface area (Å²) in [6, 6.07) is 10.3. The minimum atomic E-state index is -1.08. The lowest BCUT2D eigenvalue weighted by Gasteiger charge is -2.41. The second-order valence-electron chi connectivity index (χ2n) is 10.5. The van der Waals surface area contributed by atoms with Gasteiger partial charge < -0.3 is 31.0 Å². The maximum Gasteiger partial charge on any atom is 0.240 e. The lowest BCUT2D eigenvalue weighted by Crippen LogP contribution is -2.43. The molecule has 0 spiro atoms. The van der Waals surface area contributed by atoms with Crippen LogP contribution in [0.4, 0.5) is 5.69 Å². The fourth-order valence-electron chi connectivity index (χ4n) is 6.23. The maximum absolute atomic E-state index is 13.6. The summed E-state index contributed by atoms with van der Waals surface area (Å²) >= 11 is 0. The number of phenols is 1. The SMILES string of the molecule is CON(C)CC(=O)Nc1ccc(-c2ccc(O)c3c2CC2CC4CC(=O)C(C(C)=O)=C(O)C4C(=O)C2=C3O)cc1.O.[HH].[HH]. The molecule has 41 heavy (non-hydrogen) atoms. The molecule has 3 aliphatic carbocycles. The molecule has 3 aliphatic rings. The normalized spacial score (nSPS) is 21.6. The molecule has 6 N–H and O–H groups in total. The van der Waals surface area contributed by atoms with E-state index in [2.05, 4.69) is 5.32 Å². The van der Waals surface area contributed by atoms with E-state index in [9.17, 15) is 34.5 Å². The van der Waals surface area contributed by atoms with E-state index in [1.54, 1.807) is 25.2 Å². The van der Waals surface area contributed by atoms with E-state index in [0.29, 0.717) is 24.1 Å². The van der Waals surface area contributed by atoms with Crippen LogP contribution >= 0.6 is 0 Å². The van der Waals surface area contributed by atoms with Crippen LogP contribution < -0.4 is 5.32 Å². The molecule has 3 unspecified atom stereocenters. The van der Waals surface area contributed by atoms with Gasteiger partial charge in [-0.2, -0.15) is 5.06 Å². The van der Waals surface area contributed by atoms with Crippen LogP contribution in [0, 0.1) is 17.8 Å². The van der Waals surface area contributed by atoms with Gasteiger partial charge in [0.05, 0.1) is 24.2 Å². The molecule has 0 radical (unpaired) electrons. The number of phenolic OH excluding ortho intramolecular Hbond substituents is 1. The molecule has 1 saturated carbocycles. The Kier molecular flexibility index (Phi) is 8.16. The monoisotopic (exact) mass is 568 g/mol. The highest BCUT2D eigenvalue weighted by molar-refractivity contribution is 6.22. The highest BCUT2D eigenvalue weighted by atomic mass is 16.7. The number of aliphatic hydroxyl groups is 2. The van der Waals surface area contributed by atoms with Crippen LogP contribution in [0.5, 0.6) is 5.75 Å². The van der Waals surface area contributed by atoms with Crippen LogP contribution in [0.3, 0.4) is 0 Å². The van der Waals surface area contributed by atoms with Crippen molar-refractivity contribution >= 4 is 34.7 Å². The van der Waals surface area contributed by atoms with Gasteiger partial charge in [-0.1, -0.05) is 18.2 Å². The highest BCUT2D eigenvalue weighted by Gasteiger charge is 2.50. The summed E-state index contributed by atoms with van der Waals surface area (Å²) in [7, 11) is 3.11. The van der Waals surface area contributed by atoms with Crippen molar-refractivity contribution in [3.05, 3.63) is 64.4 Å². The van der Waals surface area contributed by atoms with Crippen LogP contribution in [0.15, 0.2) is 53.3 Å². The van der Waals surface area contributed by atoms with Crippen molar-refractivity contribution in [3.8, 4) is 16.9 Å². The first-order valence-corrected chi connectivity index (χ1v) is 13.0. The Morgan fingerprint density at radius 3 is 2.39 bits per heavy atom. The number of aromatic hydroxyl groups is 1. The first-order chi connectivity index (χ1) is 19.0. The molecule has 0 bridgehead atoms. The minimum absolute atomic E-state index is 0. The van der Waals surface area contributed by atoms with Crippen LogP contribution in [0.25, 0.3) is 16.9 Å². The fourth-order valence-corrected chi connectivity index (χ4v) is 6.23. The number of anilines is 1. The Morgan fingerprint density at radius 1 is 1.07 bits per heavy atom. The molecule has 2 aromatic rings. The number of likely N-dealkylation sites (N-methyl/N-ethyl adjacent to an activating group) is 1. The van der Waals surface area contributed by atoms with E-state index >= 15 is 0 Å². The first kappa shape index (κ1) is 29.7. The molecule has 0 heterocycles. The van der Waals surface area contributed by atoms with Crippen molar-refractivity contribution in [3.63, 3.8) is 0 Å². The summed E-state index contributed by atoms with van der Waals surface area (Å²) in [5, 5.41) is 37.0. The zero-order valence-electron chi connectivity index (χ0n) is 22.9. The zero-order valence-corrected chi connectivity index (χ0v) is 22.9. The maximum atomic E-state index is 13.6. The van der Waals surface area contributed by atoms with Crippen molar-refractivity contribution in [2.24, 2.45) is 17.8 Å². The Morgan fingerprint density at radius 2 is 1.76 bits per heavy atom. The van der Waals surface area contributed by atoms with Gasteiger partial charge in [0.2, 0.25) is 5.91 Å². The summed E-state index contributed by atoms with van der Waals surface area (Å²) < 4.78 is 0. The first-order valence-electron chi connectivity index (χ1n) is 13.0. The van der Waals surface area contributed by atoms with Crippen molar-refractivity contribution < 1.29 is 47.7 Å². The number of Topliss-reactive ketones (excluding diaryl/α,β-unsaturated/α-hetero) is 3. The van der Waals surface area contributed by atoms with E-state index < -0.39 is 40.9 Å². The van der Waals surface area contributed by atoms with Gasteiger partial charge in [-0.3, -0.25) is 19.2 Å². The fraction of sp³-hybridized carbons (Fsp3) is 0.333. The van der Waals surface area contributed by atoms with Gasteiger partial charge >= 0.3 is 0 Å². The Hall–Kier alpha value is -4.32. The minimum Gasteiger partial charge on any atom is -0.511 e. The molecule has 220 valence electrons. The third-order valence-electron chi connectivity index (χ3n) is 8.04. The molecule has 0 saturated heterocycles. The number of rotatable bonds is 6. The molecule has 2 aromatic carbocycles. The predicted octanol–water partition coefficient (Wildman–Crippen LogP) is 3.18. The van der Waals surface area contributed by atoms with Gasteiger partial charge in [0.1, 0.15) is 23.8 Å². The van der Waals surface area contributed by atoms with Gasteiger partial charge in [0.15, 0.2) is 17.3 Å². The summed E-state index contributed by atoms with van der Waals surface area (Å²) in [6.45, 7) is 1.22. The summed E-state index contributed by atoms with van der Waals surface area (Å²) in [5.41, 5.74) is 2.66. The number of aliphatic hydroxyl groups excluding tert-OH is 2. The number of hydrogen-bond donors (Lipinski definition) is 4. The zero-order chi connectivity index (χ0) is 28.9. The number of hydroxylamine groups is 2. The second-order valence-corrected chi connectivity index (χ2v) is 10.5. The Balaban J connectivity index is 0.00000215. The molecular formula is C30H36N2O9. The number of fused-ring (bicyclic) bond motifs is 3. The molecular weight excluding hydrogens is 532 g/mol. The van der Waals surface area contributed by atoms with Crippen LogP contribution in [0.2, 0.25) is 0 Å². The number of amides is 1. The van der Waals surface area contributed by atoms with Crippen molar-refractivity contribution in [1.29, 1.82) is 0 Å². The summed E-state index contributed by atoms with van der Waals surface area (Å²) in [4.78, 5) is 55.3. The third-order valence-corrected chi connectivity index (χ3v) is 8.04. The van der Waals surface area contributed by atoms with Gasteiger partial charge in [0.25, 0.3) is 0 Å². The lowest BCUT2D eigenvalue weighted by molar-refractivity contribution is -0.137. The standard InChI is InChI=1S/C30H30N2O8.H2O.2H2/c1-14(33)24-22(35)12-17-10-16-11-20-19(15-4-6-18(7-5-15)31-23(36)13-32(2)40-3)8-9-21(34)27(20)30(39)25(16)29(38)26(17)28(24)37;;;/h4-9,16-17,26,34,37,39H,10-13H2,1-3H3,(H,31,36);1H2;2*1H. The number of nitrogens with zero attached hydrogens (tertiary/aromatic N) is 1. The molecule has 5 rings (SSSR count). The lowest BCUT2D eigenvalue weighted by atomic mass is 9.61. The molecule has 11 nitrogen and oxygen atoms in total. The van der Waals surface area contributed by atoms with Crippen molar-refractivity contribution in [1.82, 2.24) is 5.06 Å². The van der Waals surface area contributed by atoms with Crippen molar-refractivity contribution in [2.45, 2.75) is 26.2 Å². The molecule has 11 heteroatoms. The van der Waals surface area contributed by atoms with Gasteiger partial charge in [-0.25, -0.2) is 0 Å². The van der Waals surface area contributed by atoms with E-state index in [1.807, 2.05) is 12.1 Å². The number of nitrogens with one attached hydrogen (secondary N) is 1. The molecule has 3 atom stereocenters. The number of hydrogen-bond acceptors (Lipinski definition) is 9. The molecule has 0 aliphatic heterocycles. The third kappa shape index (κ3) is 5.15. The summed E-state index contributed by atoms with van der Waals surface area (Å²) in [6.07, 6.45) is 0.646. The van der Waals surface area contributed by atoms with Crippen LogP contribution in [0.1, 0.15) is 33.7 Å².